The minimum Gasteiger partial charge on any atom is -0.342 e. The number of nitrogens with zero attached hydrogens (tertiary/aromatic N) is 1. The van der Waals surface area contributed by atoms with E-state index in [4.69, 9.17) is 0 Å². The molecular weight excluding hydrogens is 376 g/mol. The Kier molecular flexibility index (Phi) is 15.3. The molecule has 0 fully saturated rings. The van der Waals surface area contributed by atoms with E-state index in [0.29, 0.717) is 0 Å². The standard InChI is InChI=1S/C29H50N2/c1-2-3-4-5-6-7-8-9-10-11-12-13-14-15-16-17-18-19-20-21-26-29-30-27-24-22-23-25-28(27)31-29/h22-25H,2-21,26H2,1H3,(H,30,31). The van der Waals surface area contributed by atoms with Gasteiger partial charge in [0.25, 0.3) is 0 Å². The van der Waals surface area contributed by atoms with Crippen LogP contribution in [-0.4, -0.2) is 9.97 Å². The number of unbranched alkanes of at least 4 members (excludes halogenated alkanes) is 19. The number of aromatic nitrogens is 2. The predicted octanol–water partition coefficient (Wildman–Crippen LogP) is 9.93. The first kappa shape index (κ1) is 25.9. The topological polar surface area (TPSA) is 28.7 Å². The number of H-pyrrole nitrogens is 1. The molecule has 1 N–H and O–H groups in total. The normalized spacial score (nSPS) is 11.5. The van der Waals surface area contributed by atoms with Crippen LogP contribution in [0.4, 0.5) is 0 Å². The first-order valence-electron chi connectivity index (χ1n) is 13.8. The fraction of sp³-hybridized carbons (Fsp3) is 0.759. The highest BCUT2D eigenvalue weighted by Gasteiger charge is 2.01. The highest BCUT2D eigenvalue weighted by molar-refractivity contribution is 5.74. The van der Waals surface area contributed by atoms with Gasteiger partial charge < -0.3 is 4.98 Å². The van der Waals surface area contributed by atoms with Gasteiger partial charge >= 0.3 is 0 Å². The summed E-state index contributed by atoms with van der Waals surface area (Å²) in [5.74, 6) is 1.16. The largest absolute Gasteiger partial charge is 0.342 e. The Morgan fingerprint density at radius 3 is 1.42 bits per heavy atom. The Labute approximate surface area is 193 Å². The number of para-hydroxylation sites is 2. The van der Waals surface area contributed by atoms with E-state index in [0.717, 1.165) is 17.8 Å². The van der Waals surface area contributed by atoms with Crippen LogP contribution in [0, 0.1) is 0 Å². The number of aromatic amines is 1. The highest BCUT2D eigenvalue weighted by atomic mass is 14.9. The Morgan fingerprint density at radius 1 is 0.548 bits per heavy atom. The van der Waals surface area contributed by atoms with Gasteiger partial charge in [0.1, 0.15) is 5.82 Å². The molecule has 0 bridgehead atoms. The fourth-order valence-corrected chi connectivity index (χ4v) is 4.67. The quantitative estimate of drug-likeness (QED) is 0.198. The summed E-state index contributed by atoms with van der Waals surface area (Å²) >= 11 is 0. The highest BCUT2D eigenvalue weighted by Crippen LogP contribution is 2.16. The van der Waals surface area contributed by atoms with Crippen LogP contribution in [0.25, 0.3) is 11.0 Å². The number of rotatable bonds is 21. The third kappa shape index (κ3) is 13.0. The molecular formula is C29H50N2. The van der Waals surface area contributed by atoms with Crippen LogP contribution in [0.15, 0.2) is 24.3 Å². The molecule has 2 aromatic rings. The van der Waals surface area contributed by atoms with E-state index in [2.05, 4.69) is 41.2 Å². The van der Waals surface area contributed by atoms with Crippen molar-refractivity contribution < 1.29 is 0 Å². The van der Waals surface area contributed by atoms with Gasteiger partial charge in [-0.3, -0.25) is 0 Å². The average Bonchev–Trinajstić information content (AvgIpc) is 3.20. The lowest BCUT2D eigenvalue weighted by molar-refractivity contribution is 0.521. The third-order valence-electron chi connectivity index (χ3n) is 6.71. The summed E-state index contributed by atoms with van der Waals surface area (Å²) in [6.07, 6.45) is 29.8. The number of fused-ring (bicyclic) bond motifs is 1. The van der Waals surface area contributed by atoms with Crippen molar-refractivity contribution >= 4 is 11.0 Å². The Balaban J connectivity index is 1.26. The third-order valence-corrected chi connectivity index (χ3v) is 6.71. The molecule has 0 saturated heterocycles. The first-order valence-corrected chi connectivity index (χ1v) is 13.8. The summed E-state index contributed by atoms with van der Waals surface area (Å²) in [4.78, 5) is 8.12. The van der Waals surface area contributed by atoms with Crippen molar-refractivity contribution in [2.24, 2.45) is 0 Å². The van der Waals surface area contributed by atoms with Crippen LogP contribution < -0.4 is 0 Å². The van der Waals surface area contributed by atoms with Crippen LogP contribution in [0.1, 0.15) is 141 Å². The molecule has 0 unspecified atom stereocenters. The van der Waals surface area contributed by atoms with Gasteiger partial charge in [0.15, 0.2) is 0 Å². The van der Waals surface area contributed by atoms with Crippen molar-refractivity contribution in [2.45, 2.75) is 142 Å². The minimum atomic E-state index is 1.09. The Morgan fingerprint density at radius 2 is 0.968 bits per heavy atom. The van der Waals surface area contributed by atoms with Crippen molar-refractivity contribution in [2.75, 3.05) is 0 Å². The second-order valence-corrected chi connectivity index (χ2v) is 9.67. The number of imidazole rings is 1. The molecule has 176 valence electrons. The molecule has 0 amide bonds. The molecule has 1 aromatic heterocycles. The van der Waals surface area contributed by atoms with Crippen LogP contribution in [0.3, 0.4) is 0 Å². The molecule has 1 heterocycles. The van der Waals surface area contributed by atoms with E-state index >= 15 is 0 Å². The van der Waals surface area contributed by atoms with Gasteiger partial charge in [-0.2, -0.15) is 0 Å². The first-order chi connectivity index (χ1) is 15.4. The average molecular weight is 427 g/mol. The maximum Gasteiger partial charge on any atom is 0.107 e. The lowest BCUT2D eigenvalue weighted by atomic mass is 10.0. The van der Waals surface area contributed by atoms with Crippen molar-refractivity contribution in [1.29, 1.82) is 0 Å². The molecule has 0 radical (unpaired) electrons. The summed E-state index contributed by atoms with van der Waals surface area (Å²) in [6.45, 7) is 2.30. The molecule has 0 aliphatic heterocycles. The summed E-state index contributed by atoms with van der Waals surface area (Å²) in [5, 5.41) is 0. The second-order valence-electron chi connectivity index (χ2n) is 9.67. The molecule has 0 aliphatic carbocycles. The Bertz CT molecular complexity index is 612. The zero-order chi connectivity index (χ0) is 21.8. The maximum atomic E-state index is 4.68. The number of benzene rings is 1. The van der Waals surface area contributed by atoms with E-state index in [1.54, 1.807) is 0 Å². The lowest BCUT2D eigenvalue weighted by Crippen LogP contribution is -1.89. The molecule has 0 spiro atoms. The van der Waals surface area contributed by atoms with Crippen molar-refractivity contribution in [3.8, 4) is 0 Å². The van der Waals surface area contributed by atoms with E-state index in [9.17, 15) is 0 Å². The van der Waals surface area contributed by atoms with E-state index in [-0.39, 0.29) is 0 Å². The number of hydrogen-bond acceptors (Lipinski definition) is 1. The summed E-state index contributed by atoms with van der Waals surface area (Å²) in [5.41, 5.74) is 2.27. The predicted molar refractivity (Wildman–Crippen MR) is 138 cm³/mol. The zero-order valence-corrected chi connectivity index (χ0v) is 20.6. The van der Waals surface area contributed by atoms with E-state index in [1.165, 1.54) is 134 Å². The van der Waals surface area contributed by atoms with E-state index < -0.39 is 0 Å². The summed E-state index contributed by atoms with van der Waals surface area (Å²) in [7, 11) is 0. The molecule has 2 heteroatoms. The lowest BCUT2D eigenvalue weighted by Gasteiger charge is -2.04. The van der Waals surface area contributed by atoms with Crippen molar-refractivity contribution in [1.82, 2.24) is 9.97 Å². The summed E-state index contributed by atoms with van der Waals surface area (Å²) in [6, 6.07) is 8.34. The van der Waals surface area contributed by atoms with Gasteiger partial charge in [-0.05, 0) is 18.6 Å². The fourth-order valence-electron chi connectivity index (χ4n) is 4.67. The van der Waals surface area contributed by atoms with Gasteiger partial charge in [0, 0.05) is 6.42 Å². The van der Waals surface area contributed by atoms with Gasteiger partial charge in [0.05, 0.1) is 11.0 Å². The SMILES string of the molecule is CCCCCCCCCCCCCCCCCCCCCCc1nc2ccccc2[nH]1. The van der Waals surface area contributed by atoms with Gasteiger partial charge in [0.2, 0.25) is 0 Å². The van der Waals surface area contributed by atoms with Gasteiger partial charge in [-0.1, -0.05) is 141 Å². The molecule has 2 nitrogen and oxygen atoms in total. The zero-order valence-electron chi connectivity index (χ0n) is 20.6. The van der Waals surface area contributed by atoms with Gasteiger partial charge in [-0.15, -0.1) is 0 Å². The Hall–Kier alpha value is -1.31. The van der Waals surface area contributed by atoms with Crippen LogP contribution >= 0.6 is 0 Å². The van der Waals surface area contributed by atoms with Crippen LogP contribution in [-0.2, 0) is 6.42 Å². The smallest absolute Gasteiger partial charge is 0.107 e. The van der Waals surface area contributed by atoms with Crippen molar-refractivity contribution in [3.63, 3.8) is 0 Å². The second kappa shape index (κ2) is 18.3. The van der Waals surface area contributed by atoms with Gasteiger partial charge in [-0.25, -0.2) is 4.98 Å². The monoisotopic (exact) mass is 426 g/mol. The molecule has 0 saturated carbocycles. The molecule has 2 rings (SSSR count). The summed E-state index contributed by atoms with van der Waals surface area (Å²) < 4.78 is 0. The molecule has 0 atom stereocenters. The van der Waals surface area contributed by atoms with E-state index in [1.807, 2.05) is 0 Å². The van der Waals surface area contributed by atoms with Crippen LogP contribution in [0.2, 0.25) is 0 Å². The molecule has 1 aromatic carbocycles. The van der Waals surface area contributed by atoms with Crippen molar-refractivity contribution in [3.05, 3.63) is 30.1 Å². The number of nitrogens with one attached hydrogen (secondary N) is 1. The van der Waals surface area contributed by atoms with Crippen LogP contribution in [0.5, 0.6) is 0 Å². The minimum absolute atomic E-state index is 1.09. The maximum absolute atomic E-state index is 4.68. The molecule has 31 heavy (non-hydrogen) atoms. The number of aryl methyl sites for hydroxylation is 1. The molecule has 0 aliphatic rings. The number of hydrogen-bond donors (Lipinski definition) is 1.